The van der Waals surface area contributed by atoms with Crippen molar-refractivity contribution in [2.24, 2.45) is 0 Å². The van der Waals surface area contributed by atoms with Crippen LogP contribution in [0.5, 0.6) is 0 Å². The highest BCUT2D eigenvalue weighted by atomic mass is 31.2. The Morgan fingerprint density at radius 1 is 1.18 bits per heavy atom. The van der Waals surface area contributed by atoms with Crippen molar-refractivity contribution in [3.8, 4) is 0 Å². The maximum atomic E-state index is 11.6. The second-order valence-electron chi connectivity index (χ2n) is 1.52. The number of halogens is 1. The van der Waals surface area contributed by atoms with Gasteiger partial charge in [-0.25, -0.2) is 8.96 Å². The second-order valence-corrected chi connectivity index (χ2v) is 3.19. The van der Waals surface area contributed by atoms with Crippen LogP contribution in [-0.2, 0) is 18.1 Å². The van der Waals surface area contributed by atoms with Gasteiger partial charge in [0.15, 0.2) is 6.86 Å². The molecule has 0 N–H and O–H groups in total. The number of phosphoric ester groups is 1. The maximum Gasteiger partial charge on any atom is 0.477 e. The monoisotopic (exact) mass is 186 g/mol. The van der Waals surface area contributed by atoms with Gasteiger partial charge < -0.3 is 0 Å². The van der Waals surface area contributed by atoms with Crippen LogP contribution in [0.15, 0.2) is 0 Å². The summed E-state index contributed by atoms with van der Waals surface area (Å²) in [5.74, 6) is 0. The summed E-state index contributed by atoms with van der Waals surface area (Å²) >= 11 is 0. The van der Waals surface area contributed by atoms with Gasteiger partial charge in [-0.1, -0.05) is 0 Å². The van der Waals surface area contributed by atoms with E-state index >= 15 is 0 Å². The van der Waals surface area contributed by atoms with Crippen molar-refractivity contribution >= 4 is 7.82 Å². The van der Waals surface area contributed by atoms with Gasteiger partial charge in [-0.15, -0.1) is 0 Å². The first-order chi connectivity index (χ1) is 5.18. The highest BCUT2D eigenvalue weighted by molar-refractivity contribution is 7.48. The molecule has 6 heteroatoms. The number of hydrogen-bond acceptors (Lipinski definition) is 4. The molecule has 0 unspecified atom stereocenters. The third-order valence-corrected chi connectivity index (χ3v) is 2.34. The molecule has 4 nitrogen and oxygen atoms in total. The minimum Gasteiger partial charge on any atom is -0.287 e. The first-order valence-corrected chi connectivity index (χ1v) is 4.74. The van der Waals surface area contributed by atoms with E-state index in [1.54, 1.807) is 13.8 Å². The van der Waals surface area contributed by atoms with E-state index in [9.17, 15) is 8.96 Å². The largest absolute Gasteiger partial charge is 0.477 e. The lowest BCUT2D eigenvalue weighted by atomic mass is 10.9. The normalized spacial score (nSPS) is 11.9. The highest BCUT2D eigenvalue weighted by Gasteiger charge is 2.24. The molecule has 0 aliphatic carbocycles. The average Bonchev–Trinajstić information content (AvgIpc) is 1.88. The fourth-order valence-electron chi connectivity index (χ4n) is 0.488. The van der Waals surface area contributed by atoms with E-state index in [0.717, 1.165) is 0 Å². The predicted molar refractivity (Wildman–Crippen MR) is 37.9 cm³/mol. The van der Waals surface area contributed by atoms with Crippen LogP contribution in [0, 0.1) is 0 Å². The van der Waals surface area contributed by atoms with Crippen molar-refractivity contribution in [3.63, 3.8) is 0 Å². The molecule has 0 aromatic rings. The van der Waals surface area contributed by atoms with Crippen LogP contribution in [0.2, 0.25) is 0 Å². The van der Waals surface area contributed by atoms with Crippen molar-refractivity contribution < 1.29 is 22.5 Å². The molecule has 68 valence electrons. The van der Waals surface area contributed by atoms with Gasteiger partial charge in [-0.2, -0.15) is 0 Å². The van der Waals surface area contributed by atoms with Gasteiger partial charge in [0, 0.05) is 0 Å². The Morgan fingerprint density at radius 2 is 1.64 bits per heavy atom. The zero-order chi connectivity index (χ0) is 8.74. The molecule has 0 saturated heterocycles. The predicted octanol–water partition coefficient (Wildman–Crippen LogP) is 2.11. The fourth-order valence-corrected chi connectivity index (χ4v) is 1.46. The minimum atomic E-state index is -3.59. The third-order valence-electron chi connectivity index (χ3n) is 0.781. The number of rotatable bonds is 6. The summed E-state index contributed by atoms with van der Waals surface area (Å²) < 4.78 is 36.0. The summed E-state index contributed by atoms with van der Waals surface area (Å²) in [6, 6.07) is 0. The molecule has 0 fully saturated rings. The molecule has 0 saturated carbocycles. The highest BCUT2D eigenvalue weighted by Crippen LogP contribution is 2.48. The number of phosphoric acid groups is 1. The summed E-state index contributed by atoms with van der Waals surface area (Å²) in [5.41, 5.74) is 0. The van der Waals surface area contributed by atoms with E-state index in [1.165, 1.54) is 0 Å². The minimum absolute atomic E-state index is 0.164. The molecular weight excluding hydrogens is 174 g/mol. The Morgan fingerprint density at radius 3 is 1.91 bits per heavy atom. The standard InChI is InChI=1S/C5H12FO4P/c1-3-8-11(7,9-4-2)10-5-6/h3-5H2,1-2H3. The summed E-state index contributed by atoms with van der Waals surface area (Å²) in [6.07, 6.45) is 0. The Hall–Kier alpha value is 0.0400. The second kappa shape index (κ2) is 5.66. The summed E-state index contributed by atoms with van der Waals surface area (Å²) in [4.78, 5) is 0. The van der Waals surface area contributed by atoms with Gasteiger partial charge in [0.1, 0.15) is 0 Å². The average molecular weight is 186 g/mol. The lowest BCUT2D eigenvalue weighted by Crippen LogP contribution is -1.98. The maximum absolute atomic E-state index is 11.6. The van der Waals surface area contributed by atoms with Crippen molar-refractivity contribution in [2.75, 3.05) is 20.1 Å². The smallest absolute Gasteiger partial charge is 0.287 e. The van der Waals surface area contributed by atoms with Crippen molar-refractivity contribution in [1.29, 1.82) is 0 Å². The molecule has 0 spiro atoms. The van der Waals surface area contributed by atoms with Crippen LogP contribution >= 0.6 is 7.82 Å². The Kier molecular flexibility index (Phi) is 5.68. The van der Waals surface area contributed by atoms with Crippen molar-refractivity contribution in [1.82, 2.24) is 0 Å². The number of hydrogen-bond donors (Lipinski definition) is 0. The van der Waals surface area contributed by atoms with Crippen molar-refractivity contribution in [2.45, 2.75) is 13.8 Å². The topological polar surface area (TPSA) is 44.8 Å². The lowest BCUT2D eigenvalue weighted by molar-refractivity contribution is 0.0850. The first-order valence-electron chi connectivity index (χ1n) is 3.28. The fraction of sp³-hybridized carbons (Fsp3) is 1.00. The molecule has 0 aromatic carbocycles. The van der Waals surface area contributed by atoms with Crippen LogP contribution < -0.4 is 0 Å². The van der Waals surface area contributed by atoms with Gasteiger partial charge >= 0.3 is 7.82 Å². The molecule has 0 rings (SSSR count). The Labute approximate surface area is 65.3 Å². The third kappa shape index (κ3) is 4.48. The first kappa shape index (κ1) is 11.0. The molecule has 0 bridgehead atoms. The molecule has 0 radical (unpaired) electrons. The molecule has 0 amide bonds. The zero-order valence-corrected chi connectivity index (χ0v) is 7.47. The molecule has 0 atom stereocenters. The van der Waals surface area contributed by atoms with Gasteiger partial charge in [0.25, 0.3) is 0 Å². The quantitative estimate of drug-likeness (QED) is 0.596. The Bertz CT molecular complexity index is 117. The molecule has 0 aromatic heterocycles. The van der Waals surface area contributed by atoms with E-state index < -0.39 is 14.7 Å². The van der Waals surface area contributed by atoms with Crippen LogP contribution in [0.25, 0.3) is 0 Å². The summed E-state index contributed by atoms with van der Waals surface area (Å²) in [5, 5.41) is 0. The van der Waals surface area contributed by atoms with E-state index in [1.807, 2.05) is 0 Å². The van der Waals surface area contributed by atoms with Crippen LogP contribution in [0.4, 0.5) is 4.39 Å². The molecule has 0 heterocycles. The van der Waals surface area contributed by atoms with Gasteiger partial charge in [0.2, 0.25) is 0 Å². The van der Waals surface area contributed by atoms with Crippen LogP contribution in [0.1, 0.15) is 13.8 Å². The van der Waals surface area contributed by atoms with Gasteiger partial charge in [-0.3, -0.25) is 13.6 Å². The van der Waals surface area contributed by atoms with E-state index in [-0.39, 0.29) is 13.2 Å². The lowest BCUT2D eigenvalue weighted by Gasteiger charge is -2.13. The molecule has 0 aliphatic rings. The molecular formula is C5H12FO4P. The van der Waals surface area contributed by atoms with E-state index in [2.05, 4.69) is 13.6 Å². The summed E-state index contributed by atoms with van der Waals surface area (Å²) in [6.45, 7) is 2.40. The molecule has 11 heavy (non-hydrogen) atoms. The van der Waals surface area contributed by atoms with Crippen molar-refractivity contribution in [3.05, 3.63) is 0 Å². The number of alkyl halides is 1. The summed E-state index contributed by atoms with van der Waals surface area (Å²) in [7, 11) is -3.59. The van der Waals surface area contributed by atoms with E-state index in [4.69, 9.17) is 0 Å². The van der Waals surface area contributed by atoms with Gasteiger partial charge in [-0.05, 0) is 13.8 Å². The van der Waals surface area contributed by atoms with Gasteiger partial charge in [0.05, 0.1) is 13.2 Å². The Balaban J connectivity index is 3.91. The van der Waals surface area contributed by atoms with Crippen LogP contribution in [-0.4, -0.2) is 20.1 Å². The van der Waals surface area contributed by atoms with Crippen LogP contribution in [0.3, 0.4) is 0 Å². The zero-order valence-electron chi connectivity index (χ0n) is 6.58. The SMILES string of the molecule is CCOP(=O)(OCC)OCF. The van der Waals surface area contributed by atoms with E-state index in [0.29, 0.717) is 0 Å². The molecule has 0 aliphatic heterocycles.